The highest BCUT2D eigenvalue weighted by Crippen LogP contribution is 2.22. The van der Waals surface area contributed by atoms with Crippen LogP contribution in [0.15, 0.2) is 18.7 Å². The van der Waals surface area contributed by atoms with Crippen LogP contribution in [0.3, 0.4) is 0 Å². The Bertz CT molecular complexity index is 290. The van der Waals surface area contributed by atoms with Crippen LogP contribution in [-0.2, 0) is 6.54 Å². The van der Waals surface area contributed by atoms with Gasteiger partial charge >= 0.3 is 0 Å². The minimum Gasteiger partial charge on any atom is -0.337 e. The molecule has 4 heteroatoms. The number of hydrogen-bond acceptors (Lipinski definition) is 2. The maximum Gasteiger partial charge on any atom is 0.0945 e. The predicted molar refractivity (Wildman–Crippen MR) is 73.4 cm³/mol. The maximum absolute atomic E-state index is 5.84. The number of halogens is 1. The van der Waals surface area contributed by atoms with E-state index in [0.717, 1.165) is 31.8 Å². The molecule has 1 atom stereocenters. The summed E-state index contributed by atoms with van der Waals surface area (Å²) in [6, 6.07) is 0.489. The molecule has 1 rings (SSSR count). The number of aromatic nitrogens is 2. The normalized spacial score (nSPS) is 13.9. The van der Waals surface area contributed by atoms with Crippen molar-refractivity contribution in [3.63, 3.8) is 0 Å². The molecule has 0 aliphatic heterocycles. The quantitative estimate of drug-likeness (QED) is 0.601. The summed E-state index contributed by atoms with van der Waals surface area (Å²) in [6.07, 6.45) is 7.82. The van der Waals surface area contributed by atoms with Crippen molar-refractivity contribution < 1.29 is 0 Å². The summed E-state index contributed by atoms with van der Waals surface area (Å²) in [7, 11) is 0. The van der Waals surface area contributed by atoms with Crippen LogP contribution in [0.25, 0.3) is 0 Å². The van der Waals surface area contributed by atoms with Crippen molar-refractivity contribution in [1.82, 2.24) is 14.9 Å². The summed E-state index contributed by atoms with van der Waals surface area (Å²) < 4.78 is 2.11. The van der Waals surface area contributed by atoms with Crippen molar-refractivity contribution in [2.45, 2.75) is 46.2 Å². The summed E-state index contributed by atoms with van der Waals surface area (Å²) in [6.45, 7) is 8.81. The topological polar surface area (TPSA) is 29.9 Å². The fourth-order valence-corrected chi connectivity index (χ4v) is 2.13. The number of rotatable bonds is 7. The van der Waals surface area contributed by atoms with Crippen LogP contribution in [0.1, 0.15) is 33.6 Å². The maximum atomic E-state index is 5.84. The number of alkyl halides is 1. The molecule has 1 heterocycles. The zero-order chi connectivity index (χ0) is 12.7. The molecule has 1 aromatic heterocycles. The lowest BCUT2D eigenvalue weighted by atomic mass is 9.85. The average molecular weight is 258 g/mol. The van der Waals surface area contributed by atoms with E-state index in [1.165, 1.54) is 0 Å². The molecule has 0 aromatic carbocycles. The largest absolute Gasteiger partial charge is 0.337 e. The van der Waals surface area contributed by atoms with Gasteiger partial charge in [-0.2, -0.15) is 0 Å². The lowest BCUT2D eigenvalue weighted by Crippen LogP contribution is -2.41. The summed E-state index contributed by atoms with van der Waals surface area (Å²) in [5, 5.41) is 3.60. The van der Waals surface area contributed by atoms with Crippen LogP contribution < -0.4 is 5.32 Å². The standard InChI is InChI=1S/C13H24ClN3/c1-13(2,3)12(5-6-14)16-7-4-9-17-10-8-15-11-17/h8,10-12,16H,4-7,9H2,1-3H3. The first-order chi connectivity index (χ1) is 8.04. The van der Waals surface area contributed by atoms with Gasteiger partial charge in [0.25, 0.3) is 0 Å². The van der Waals surface area contributed by atoms with Gasteiger partial charge in [-0.25, -0.2) is 4.98 Å². The molecule has 0 fully saturated rings. The number of hydrogen-bond donors (Lipinski definition) is 1. The van der Waals surface area contributed by atoms with Gasteiger partial charge in [0.15, 0.2) is 0 Å². The minimum absolute atomic E-state index is 0.268. The van der Waals surface area contributed by atoms with Crippen LogP contribution in [0.5, 0.6) is 0 Å². The first-order valence-corrected chi connectivity index (χ1v) is 6.82. The zero-order valence-corrected chi connectivity index (χ0v) is 11.9. The lowest BCUT2D eigenvalue weighted by Gasteiger charge is -2.31. The van der Waals surface area contributed by atoms with Crippen molar-refractivity contribution >= 4 is 11.6 Å². The fraction of sp³-hybridized carbons (Fsp3) is 0.769. The molecule has 1 aromatic rings. The van der Waals surface area contributed by atoms with E-state index in [1.807, 2.05) is 18.7 Å². The van der Waals surface area contributed by atoms with Crippen molar-refractivity contribution in [3.05, 3.63) is 18.7 Å². The van der Waals surface area contributed by atoms with Gasteiger partial charge in [0, 0.05) is 30.9 Å². The number of nitrogens with one attached hydrogen (secondary N) is 1. The summed E-state index contributed by atoms with van der Waals surface area (Å²) in [4.78, 5) is 4.03. The first kappa shape index (κ1) is 14.5. The molecular formula is C13H24ClN3. The Balaban J connectivity index is 2.23. The van der Waals surface area contributed by atoms with Crippen LogP contribution in [0, 0.1) is 5.41 Å². The number of imidazole rings is 1. The van der Waals surface area contributed by atoms with E-state index in [-0.39, 0.29) is 5.41 Å². The van der Waals surface area contributed by atoms with E-state index in [1.54, 1.807) is 0 Å². The third-order valence-electron chi connectivity index (χ3n) is 2.99. The minimum atomic E-state index is 0.268. The van der Waals surface area contributed by atoms with Crippen molar-refractivity contribution in [1.29, 1.82) is 0 Å². The number of nitrogens with zero attached hydrogens (tertiary/aromatic N) is 2. The van der Waals surface area contributed by atoms with Gasteiger partial charge < -0.3 is 9.88 Å². The Kier molecular flexibility index (Phi) is 6.00. The van der Waals surface area contributed by atoms with E-state index in [0.29, 0.717) is 6.04 Å². The molecule has 0 saturated heterocycles. The molecule has 3 nitrogen and oxygen atoms in total. The molecule has 1 unspecified atom stereocenters. The van der Waals surface area contributed by atoms with Gasteiger partial charge in [-0.05, 0) is 24.8 Å². The third kappa shape index (κ3) is 5.55. The number of aryl methyl sites for hydroxylation is 1. The zero-order valence-electron chi connectivity index (χ0n) is 11.1. The van der Waals surface area contributed by atoms with Gasteiger partial charge in [0.1, 0.15) is 0 Å². The smallest absolute Gasteiger partial charge is 0.0945 e. The van der Waals surface area contributed by atoms with E-state index < -0.39 is 0 Å². The molecule has 0 bridgehead atoms. The Hall–Kier alpha value is -0.540. The second kappa shape index (κ2) is 7.02. The highest BCUT2D eigenvalue weighted by Gasteiger charge is 2.22. The van der Waals surface area contributed by atoms with Crippen LogP contribution in [0.4, 0.5) is 0 Å². The van der Waals surface area contributed by atoms with Gasteiger partial charge in [-0.15, -0.1) is 11.6 Å². The first-order valence-electron chi connectivity index (χ1n) is 6.29. The Morgan fingerprint density at radius 1 is 1.41 bits per heavy atom. The van der Waals surface area contributed by atoms with Crippen molar-refractivity contribution in [2.24, 2.45) is 5.41 Å². The van der Waals surface area contributed by atoms with Gasteiger partial charge in [-0.3, -0.25) is 0 Å². The van der Waals surface area contributed by atoms with E-state index >= 15 is 0 Å². The van der Waals surface area contributed by atoms with E-state index in [4.69, 9.17) is 11.6 Å². The predicted octanol–water partition coefficient (Wildman–Crippen LogP) is 2.91. The summed E-state index contributed by atoms with van der Waals surface area (Å²) >= 11 is 5.84. The molecule has 0 aliphatic rings. The molecule has 1 N–H and O–H groups in total. The Morgan fingerprint density at radius 2 is 2.18 bits per heavy atom. The van der Waals surface area contributed by atoms with E-state index in [2.05, 4.69) is 35.6 Å². The molecule has 0 saturated carbocycles. The Labute approximate surface area is 110 Å². The molecule has 0 aliphatic carbocycles. The lowest BCUT2D eigenvalue weighted by molar-refractivity contribution is 0.260. The highest BCUT2D eigenvalue weighted by molar-refractivity contribution is 6.17. The molecular weight excluding hydrogens is 234 g/mol. The average Bonchev–Trinajstić information content (AvgIpc) is 2.74. The van der Waals surface area contributed by atoms with Gasteiger partial charge in [0.05, 0.1) is 6.33 Å². The van der Waals surface area contributed by atoms with Crippen LogP contribution in [0.2, 0.25) is 0 Å². The van der Waals surface area contributed by atoms with Gasteiger partial charge in [0.2, 0.25) is 0 Å². The second-order valence-electron chi connectivity index (χ2n) is 5.50. The SMILES string of the molecule is CC(C)(C)C(CCCl)NCCCn1ccnc1. The molecule has 0 spiro atoms. The second-order valence-corrected chi connectivity index (χ2v) is 5.88. The Morgan fingerprint density at radius 3 is 2.71 bits per heavy atom. The van der Waals surface area contributed by atoms with Crippen LogP contribution in [-0.4, -0.2) is 28.0 Å². The van der Waals surface area contributed by atoms with Gasteiger partial charge in [-0.1, -0.05) is 20.8 Å². The fourth-order valence-electron chi connectivity index (χ4n) is 1.91. The summed E-state index contributed by atoms with van der Waals surface area (Å²) in [5.74, 6) is 0.719. The summed E-state index contributed by atoms with van der Waals surface area (Å²) in [5.41, 5.74) is 0.268. The van der Waals surface area contributed by atoms with Crippen molar-refractivity contribution in [2.75, 3.05) is 12.4 Å². The molecule has 17 heavy (non-hydrogen) atoms. The third-order valence-corrected chi connectivity index (χ3v) is 3.20. The van der Waals surface area contributed by atoms with E-state index in [9.17, 15) is 0 Å². The monoisotopic (exact) mass is 257 g/mol. The molecule has 0 radical (unpaired) electrons. The highest BCUT2D eigenvalue weighted by atomic mass is 35.5. The van der Waals surface area contributed by atoms with Crippen molar-refractivity contribution in [3.8, 4) is 0 Å². The molecule has 98 valence electrons. The van der Waals surface area contributed by atoms with Crippen LogP contribution >= 0.6 is 11.6 Å². The molecule has 0 amide bonds.